The summed E-state index contributed by atoms with van der Waals surface area (Å²) < 4.78 is 0. The van der Waals surface area contributed by atoms with Crippen LogP contribution in [0, 0.1) is 13.8 Å². The molecule has 0 atom stereocenters. The van der Waals surface area contributed by atoms with E-state index >= 15 is 0 Å². The Bertz CT molecular complexity index is 632. The Balaban J connectivity index is 1.67. The van der Waals surface area contributed by atoms with Crippen LogP contribution >= 0.6 is 23.6 Å². The Hall–Kier alpha value is -1.46. The summed E-state index contributed by atoms with van der Waals surface area (Å²) in [4.78, 5) is 6.06. The number of thiazole rings is 1. The number of aryl methyl sites for hydroxylation is 4. The predicted octanol–water partition coefficient (Wildman–Crippen LogP) is 4.45. The highest BCUT2D eigenvalue weighted by atomic mass is 32.1. The number of hydrogen-bond acceptors (Lipinski definition) is 3. The first-order valence-corrected chi connectivity index (χ1v) is 8.47. The molecule has 3 nitrogen and oxygen atoms in total. The smallest absolute Gasteiger partial charge is 0.189 e. The molecule has 1 aliphatic rings. The minimum Gasteiger partial charge on any atom is -0.332 e. The molecule has 0 radical (unpaired) electrons. The average Bonchev–Trinajstić information content (AvgIpc) is 2.78. The zero-order valence-corrected chi connectivity index (χ0v) is 14.0. The third-order valence-corrected chi connectivity index (χ3v) is 4.82. The summed E-state index contributed by atoms with van der Waals surface area (Å²) >= 11 is 7.12. The van der Waals surface area contributed by atoms with Gasteiger partial charge < -0.3 is 10.6 Å². The Kier molecular flexibility index (Phi) is 4.22. The minimum absolute atomic E-state index is 0.603. The van der Waals surface area contributed by atoms with Crippen LogP contribution in [0.2, 0.25) is 0 Å². The van der Waals surface area contributed by atoms with Crippen molar-refractivity contribution in [3.63, 3.8) is 0 Å². The van der Waals surface area contributed by atoms with Crippen molar-refractivity contribution in [3.8, 4) is 0 Å². The van der Waals surface area contributed by atoms with Crippen molar-refractivity contribution in [1.29, 1.82) is 0 Å². The highest BCUT2D eigenvalue weighted by Crippen LogP contribution is 2.29. The van der Waals surface area contributed by atoms with Crippen LogP contribution in [0.3, 0.4) is 0 Å². The number of anilines is 2. The van der Waals surface area contributed by atoms with Crippen LogP contribution in [0.25, 0.3) is 0 Å². The number of thiocarbonyl (C=S) groups is 1. The van der Waals surface area contributed by atoms with E-state index in [4.69, 9.17) is 12.2 Å². The topological polar surface area (TPSA) is 37.0 Å². The first-order valence-electron chi connectivity index (χ1n) is 7.25. The highest BCUT2D eigenvalue weighted by Gasteiger charge is 2.15. The zero-order chi connectivity index (χ0) is 14.8. The predicted molar refractivity (Wildman–Crippen MR) is 94.5 cm³/mol. The third kappa shape index (κ3) is 3.60. The fourth-order valence-corrected chi connectivity index (χ4v) is 4.05. The number of aromatic nitrogens is 1. The van der Waals surface area contributed by atoms with Crippen LogP contribution in [0.5, 0.6) is 0 Å². The van der Waals surface area contributed by atoms with Gasteiger partial charge in [-0.3, -0.25) is 0 Å². The molecule has 0 bridgehead atoms. The lowest BCUT2D eigenvalue weighted by atomic mass is 10.0. The fourth-order valence-electron chi connectivity index (χ4n) is 2.71. The number of rotatable bonds is 2. The van der Waals surface area contributed by atoms with E-state index in [2.05, 4.69) is 47.7 Å². The van der Waals surface area contributed by atoms with E-state index in [9.17, 15) is 0 Å². The molecule has 21 heavy (non-hydrogen) atoms. The molecule has 1 aliphatic carbocycles. The van der Waals surface area contributed by atoms with E-state index in [1.165, 1.54) is 34.5 Å². The summed E-state index contributed by atoms with van der Waals surface area (Å²) in [7, 11) is 0. The Morgan fingerprint density at radius 1 is 1.10 bits per heavy atom. The van der Waals surface area contributed by atoms with Gasteiger partial charge in [0.1, 0.15) is 0 Å². The van der Waals surface area contributed by atoms with Crippen molar-refractivity contribution in [2.24, 2.45) is 0 Å². The largest absolute Gasteiger partial charge is 0.332 e. The molecule has 1 heterocycles. The van der Waals surface area contributed by atoms with Gasteiger partial charge in [0, 0.05) is 10.6 Å². The van der Waals surface area contributed by atoms with Crippen LogP contribution in [0.4, 0.5) is 10.8 Å². The normalized spacial score (nSPS) is 13.6. The first-order chi connectivity index (χ1) is 10.1. The van der Waals surface area contributed by atoms with Gasteiger partial charge in [-0.1, -0.05) is 6.07 Å². The Labute approximate surface area is 134 Å². The second-order valence-corrected chi connectivity index (χ2v) is 7.04. The Morgan fingerprint density at radius 2 is 1.81 bits per heavy atom. The number of fused-ring (bicyclic) bond motifs is 1. The maximum Gasteiger partial charge on any atom is 0.189 e. The monoisotopic (exact) mass is 317 g/mol. The van der Waals surface area contributed by atoms with Crippen molar-refractivity contribution >= 4 is 39.5 Å². The molecule has 0 fully saturated rings. The van der Waals surface area contributed by atoms with E-state index in [1.807, 2.05) is 0 Å². The van der Waals surface area contributed by atoms with E-state index in [-0.39, 0.29) is 0 Å². The highest BCUT2D eigenvalue weighted by molar-refractivity contribution is 7.80. The van der Waals surface area contributed by atoms with E-state index in [0.717, 1.165) is 23.7 Å². The van der Waals surface area contributed by atoms with Gasteiger partial charge in [0.05, 0.1) is 5.69 Å². The Morgan fingerprint density at radius 3 is 2.52 bits per heavy atom. The van der Waals surface area contributed by atoms with Crippen molar-refractivity contribution in [2.75, 3.05) is 10.6 Å². The summed E-state index contributed by atoms with van der Waals surface area (Å²) in [5.74, 6) is 0. The van der Waals surface area contributed by atoms with E-state index < -0.39 is 0 Å². The van der Waals surface area contributed by atoms with Crippen LogP contribution < -0.4 is 10.6 Å². The molecule has 0 aliphatic heterocycles. The molecule has 2 N–H and O–H groups in total. The van der Waals surface area contributed by atoms with Crippen LogP contribution in [-0.2, 0) is 12.8 Å². The molecule has 0 saturated carbocycles. The lowest BCUT2D eigenvalue weighted by Gasteiger charge is -2.10. The van der Waals surface area contributed by atoms with Gasteiger partial charge in [0.25, 0.3) is 0 Å². The molecule has 1 aromatic heterocycles. The molecule has 1 aromatic carbocycles. The summed E-state index contributed by atoms with van der Waals surface area (Å²) in [6.45, 7) is 4.17. The second-order valence-electron chi connectivity index (χ2n) is 5.55. The minimum atomic E-state index is 0.603. The summed E-state index contributed by atoms with van der Waals surface area (Å²) in [5, 5.41) is 7.96. The van der Waals surface area contributed by atoms with E-state index in [0.29, 0.717) is 5.11 Å². The molecule has 3 rings (SSSR count). The molecule has 0 unspecified atom stereocenters. The summed E-state index contributed by atoms with van der Waals surface area (Å²) in [5.41, 5.74) is 4.73. The van der Waals surface area contributed by atoms with Crippen molar-refractivity contribution in [1.82, 2.24) is 4.98 Å². The van der Waals surface area contributed by atoms with Gasteiger partial charge in [-0.25, -0.2) is 4.98 Å². The molecule has 110 valence electrons. The lowest BCUT2D eigenvalue weighted by Crippen LogP contribution is -2.19. The number of hydrogen-bond donors (Lipinski definition) is 2. The van der Waals surface area contributed by atoms with Crippen molar-refractivity contribution in [3.05, 3.63) is 39.9 Å². The van der Waals surface area contributed by atoms with Gasteiger partial charge in [-0.2, -0.15) is 0 Å². The first kappa shape index (κ1) is 14.5. The van der Waals surface area contributed by atoms with Gasteiger partial charge in [-0.05, 0) is 75.0 Å². The molecule has 0 spiro atoms. The fraction of sp³-hybridized carbons (Fsp3) is 0.375. The number of nitrogens with zero attached hydrogens (tertiary/aromatic N) is 1. The molecular formula is C16H19N3S2. The zero-order valence-electron chi connectivity index (χ0n) is 12.3. The number of benzene rings is 1. The van der Waals surface area contributed by atoms with Gasteiger partial charge >= 0.3 is 0 Å². The van der Waals surface area contributed by atoms with Crippen LogP contribution in [-0.4, -0.2) is 10.1 Å². The molecular weight excluding hydrogens is 298 g/mol. The summed E-state index contributed by atoms with van der Waals surface area (Å²) in [6.07, 6.45) is 4.79. The van der Waals surface area contributed by atoms with Crippen LogP contribution in [0.15, 0.2) is 18.2 Å². The lowest BCUT2D eigenvalue weighted by molar-refractivity contribution is 0.683. The molecule has 5 heteroatoms. The van der Waals surface area contributed by atoms with Gasteiger partial charge in [-0.15, -0.1) is 11.3 Å². The van der Waals surface area contributed by atoms with Gasteiger partial charge in [0.2, 0.25) is 0 Å². The summed E-state index contributed by atoms with van der Waals surface area (Å²) in [6, 6.07) is 6.33. The van der Waals surface area contributed by atoms with Crippen molar-refractivity contribution < 1.29 is 0 Å². The van der Waals surface area contributed by atoms with Crippen LogP contribution in [0.1, 0.15) is 34.5 Å². The third-order valence-electron chi connectivity index (χ3n) is 3.55. The average molecular weight is 317 g/mol. The quantitative estimate of drug-likeness (QED) is 0.803. The SMILES string of the molecule is Cc1cc(C)cc(NC(=S)Nc2nc3c(s2)CCCC3)c1. The molecule has 0 saturated heterocycles. The molecule has 2 aromatic rings. The number of nitrogens with one attached hydrogen (secondary N) is 2. The standard InChI is InChI=1S/C16H19N3S2/c1-10-7-11(2)9-12(8-10)17-15(20)19-16-18-13-5-3-4-6-14(13)21-16/h7-9H,3-6H2,1-2H3,(H2,17,18,19,20). The maximum atomic E-state index is 5.39. The maximum absolute atomic E-state index is 5.39. The second kappa shape index (κ2) is 6.12. The van der Waals surface area contributed by atoms with E-state index in [1.54, 1.807) is 11.3 Å². The van der Waals surface area contributed by atoms with Gasteiger partial charge in [0.15, 0.2) is 10.2 Å². The molecule has 0 amide bonds. The van der Waals surface area contributed by atoms with Crippen molar-refractivity contribution in [2.45, 2.75) is 39.5 Å².